The zero-order valence-corrected chi connectivity index (χ0v) is 11.1. The molecule has 1 aromatic carbocycles. The third-order valence-electron chi connectivity index (χ3n) is 3.04. The highest BCUT2D eigenvalue weighted by atomic mass is 35.5. The summed E-state index contributed by atoms with van der Waals surface area (Å²) >= 11 is 5.63. The maximum Gasteiger partial charge on any atom is 0.240 e. The Bertz CT molecular complexity index is 466. The second-order valence-electron chi connectivity index (χ2n) is 4.33. The standard InChI is InChI=1S/C12H16ClNO2S/c13-9-8-10-4-6-12(7-5-10)17(15,16)14-11-2-1-3-11/h4-7,11,14H,1-3,8-9H2. The highest BCUT2D eigenvalue weighted by molar-refractivity contribution is 7.89. The molecule has 0 amide bonds. The van der Waals surface area contributed by atoms with E-state index in [9.17, 15) is 8.42 Å². The van der Waals surface area contributed by atoms with Gasteiger partial charge in [-0.15, -0.1) is 11.6 Å². The largest absolute Gasteiger partial charge is 0.240 e. The van der Waals surface area contributed by atoms with Crippen molar-refractivity contribution in [1.29, 1.82) is 0 Å². The molecule has 0 saturated heterocycles. The summed E-state index contributed by atoms with van der Waals surface area (Å²) in [6.07, 6.45) is 3.77. The quantitative estimate of drug-likeness (QED) is 0.837. The van der Waals surface area contributed by atoms with Crippen LogP contribution >= 0.6 is 11.6 Å². The molecule has 3 nitrogen and oxygen atoms in total. The number of sulfonamides is 1. The van der Waals surface area contributed by atoms with Gasteiger partial charge in [0.2, 0.25) is 10.0 Å². The van der Waals surface area contributed by atoms with Crippen LogP contribution in [-0.2, 0) is 16.4 Å². The van der Waals surface area contributed by atoms with Crippen LogP contribution in [0.15, 0.2) is 29.2 Å². The maximum absolute atomic E-state index is 12.0. The van der Waals surface area contributed by atoms with E-state index in [1.807, 2.05) is 12.1 Å². The van der Waals surface area contributed by atoms with Gasteiger partial charge >= 0.3 is 0 Å². The second-order valence-corrected chi connectivity index (χ2v) is 6.42. The third kappa shape index (κ3) is 3.21. The maximum atomic E-state index is 12.0. The fraction of sp³-hybridized carbons (Fsp3) is 0.500. The second kappa shape index (κ2) is 5.38. The molecule has 0 unspecified atom stereocenters. The van der Waals surface area contributed by atoms with Crippen LogP contribution in [0.2, 0.25) is 0 Å². The van der Waals surface area contributed by atoms with E-state index in [0.717, 1.165) is 31.2 Å². The van der Waals surface area contributed by atoms with Crippen LogP contribution in [0.25, 0.3) is 0 Å². The summed E-state index contributed by atoms with van der Waals surface area (Å²) in [6.45, 7) is 0. The summed E-state index contributed by atoms with van der Waals surface area (Å²) in [5.74, 6) is 0.548. The van der Waals surface area contributed by atoms with Crippen molar-refractivity contribution in [1.82, 2.24) is 4.72 Å². The molecule has 0 spiro atoms. The Morgan fingerprint density at radius 2 is 1.88 bits per heavy atom. The zero-order chi connectivity index (χ0) is 12.3. The van der Waals surface area contributed by atoms with Crippen LogP contribution in [-0.4, -0.2) is 20.3 Å². The van der Waals surface area contributed by atoms with Gasteiger partial charge in [0, 0.05) is 11.9 Å². The molecule has 1 N–H and O–H groups in total. The molecule has 1 saturated carbocycles. The first-order valence-corrected chi connectivity index (χ1v) is 7.81. The smallest absolute Gasteiger partial charge is 0.208 e. The summed E-state index contributed by atoms with van der Waals surface area (Å²) < 4.78 is 26.6. The monoisotopic (exact) mass is 273 g/mol. The van der Waals surface area contributed by atoms with Crippen LogP contribution in [0.4, 0.5) is 0 Å². The molecule has 1 aliphatic carbocycles. The van der Waals surface area contributed by atoms with Gasteiger partial charge in [-0.25, -0.2) is 13.1 Å². The summed E-state index contributed by atoms with van der Waals surface area (Å²) in [5.41, 5.74) is 1.06. The van der Waals surface area contributed by atoms with E-state index < -0.39 is 10.0 Å². The number of hydrogen-bond acceptors (Lipinski definition) is 2. The Labute approximate surface area is 107 Å². The Kier molecular flexibility index (Phi) is 4.07. The molecule has 1 fully saturated rings. The number of benzene rings is 1. The predicted octanol–water partition coefficient (Wildman–Crippen LogP) is 2.30. The highest BCUT2D eigenvalue weighted by Crippen LogP contribution is 2.21. The third-order valence-corrected chi connectivity index (χ3v) is 4.77. The van der Waals surface area contributed by atoms with E-state index in [1.165, 1.54) is 0 Å². The molecule has 94 valence electrons. The average molecular weight is 274 g/mol. The van der Waals surface area contributed by atoms with Gasteiger partial charge in [-0.1, -0.05) is 18.6 Å². The molecular weight excluding hydrogens is 258 g/mol. The molecule has 0 radical (unpaired) electrons. The molecule has 17 heavy (non-hydrogen) atoms. The van der Waals surface area contributed by atoms with Gasteiger partial charge < -0.3 is 0 Å². The van der Waals surface area contributed by atoms with Gasteiger partial charge in [-0.3, -0.25) is 0 Å². The molecule has 1 aliphatic rings. The molecule has 0 heterocycles. The van der Waals surface area contributed by atoms with Crippen molar-refractivity contribution in [2.24, 2.45) is 0 Å². The van der Waals surface area contributed by atoms with Gasteiger partial charge in [0.05, 0.1) is 4.90 Å². The van der Waals surface area contributed by atoms with Crippen LogP contribution in [0.5, 0.6) is 0 Å². The topological polar surface area (TPSA) is 46.2 Å². The highest BCUT2D eigenvalue weighted by Gasteiger charge is 2.24. The molecule has 2 rings (SSSR count). The minimum absolute atomic E-state index is 0.127. The molecule has 0 atom stereocenters. The van der Waals surface area contributed by atoms with Crippen LogP contribution in [0.1, 0.15) is 24.8 Å². The Hall–Kier alpha value is -0.580. The molecule has 1 aromatic rings. The summed E-state index contributed by atoms with van der Waals surface area (Å²) in [5, 5.41) is 0. The Balaban J connectivity index is 2.09. The number of hydrogen-bond donors (Lipinski definition) is 1. The van der Waals surface area contributed by atoms with E-state index in [0.29, 0.717) is 10.8 Å². The normalized spacial score (nSPS) is 16.8. The first-order valence-electron chi connectivity index (χ1n) is 5.79. The van der Waals surface area contributed by atoms with Crippen molar-refractivity contribution >= 4 is 21.6 Å². The molecular formula is C12H16ClNO2S. The SMILES string of the molecule is O=S(=O)(NC1CCC1)c1ccc(CCCl)cc1. The van der Waals surface area contributed by atoms with Crippen LogP contribution < -0.4 is 4.72 Å². The fourth-order valence-corrected chi connectivity index (χ4v) is 3.28. The Morgan fingerprint density at radius 1 is 1.24 bits per heavy atom. The number of halogens is 1. The van der Waals surface area contributed by atoms with Crippen LogP contribution in [0.3, 0.4) is 0 Å². The summed E-state index contributed by atoms with van der Waals surface area (Å²) in [4.78, 5) is 0.336. The van der Waals surface area contributed by atoms with Crippen molar-refractivity contribution in [2.75, 3.05) is 5.88 Å². The lowest BCUT2D eigenvalue weighted by Crippen LogP contribution is -2.39. The van der Waals surface area contributed by atoms with Crippen molar-refractivity contribution in [3.63, 3.8) is 0 Å². The number of alkyl halides is 1. The van der Waals surface area contributed by atoms with Crippen LogP contribution in [0, 0.1) is 0 Å². The average Bonchev–Trinajstić information content (AvgIpc) is 2.25. The van der Waals surface area contributed by atoms with Gasteiger partial charge in [0.1, 0.15) is 0 Å². The molecule has 5 heteroatoms. The lowest BCUT2D eigenvalue weighted by molar-refractivity contribution is 0.383. The molecule has 0 aromatic heterocycles. The first-order chi connectivity index (χ1) is 8.12. The van der Waals surface area contributed by atoms with E-state index in [1.54, 1.807) is 12.1 Å². The van der Waals surface area contributed by atoms with Gasteiger partial charge in [-0.05, 0) is 37.0 Å². The van der Waals surface area contributed by atoms with E-state index in [4.69, 9.17) is 11.6 Å². The molecule has 0 aliphatic heterocycles. The molecule has 0 bridgehead atoms. The first kappa shape index (κ1) is 12.9. The van der Waals surface area contributed by atoms with Crippen molar-refractivity contribution < 1.29 is 8.42 Å². The summed E-state index contributed by atoms with van der Waals surface area (Å²) in [6, 6.07) is 7.05. The number of aryl methyl sites for hydroxylation is 1. The summed E-state index contributed by atoms with van der Waals surface area (Å²) in [7, 11) is -3.34. The number of nitrogens with one attached hydrogen (secondary N) is 1. The minimum Gasteiger partial charge on any atom is -0.208 e. The van der Waals surface area contributed by atoms with E-state index >= 15 is 0 Å². The predicted molar refractivity (Wildman–Crippen MR) is 68.8 cm³/mol. The zero-order valence-electron chi connectivity index (χ0n) is 9.52. The van der Waals surface area contributed by atoms with Gasteiger partial charge in [0.25, 0.3) is 0 Å². The lowest BCUT2D eigenvalue weighted by atomic mass is 9.94. The van der Waals surface area contributed by atoms with Crippen molar-refractivity contribution in [3.8, 4) is 0 Å². The Morgan fingerprint density at radius 3 is 2.35 bits per heavy atom. The van der Waals surface area contributed by atoms with Crippen molar-refractivity contribution in [3.05, 3.63) is 29.8 Å². The number of rotatable bonds is 5. The van der Waals surface area contributed by atoms with Gasteiger partial charge in [-0.2, -0.15) is 0 Å². The fourth-order valence-electron chi connectivity index (χ4n) is 1.76. The lowest BCUT2D eigenvalue weighted by Gasteiger charge is -2.26. The van der Waals surface area contributed by atoms with Crippen molar-refractivity contribution in [2.45, 2.75) is 36.6 Å². The minimum atomic E-state index is -3.34. The van der Waals surface area contributed by atoms with E-state index in [-0.39, 0.29) is 6.04 Å². The van der Waals surface area contributed by atoms with Gasteiger partial charge in [0.15, 0.2) is 0 Å². The van der Waals surface area contributed by atoms with E-state index in [2.05, 4.69) is 4.72 Å².